The first kappa shape index (κ1) is 13.2. The maximum atomic E-state index is 13.1. The van der Waals surface area contributed by atoms with Crippen LogP contribution in [0.5, 0.6) is 5.75 Å². The Morgan fingerprint density at radius 2 is 2.16 bits per heavy atom. The molecule has 19 heavy (non-hydrogen) atoms. The number of hydrogen-bond donors (Lipinski definition) is 0. The second kappa shape index (κ2) is 5.62. The van der Waals surface area contributed by atoms with Crippen LogP contribution in [0.3, 0.4) is 0 Å². The van der Waals surface area contributed by atoms with Gasteiger partial charge in [0.15, 0.2) is 5.75 Å². The molecule has 1 aromatic heterocycles. The summed E-state index contributed by atoms with van der Waals surface area (Å²) in [5.41, 5.74) is 0.189. The average Bonchev–Trinajstić information content (AvgIpc) is 2.36. The summed E-state index contributed by atoms with van der Waals surface area (Å²) in [5, 5.41) is 11.1. The lowest BCUT2D eigenvalue weighted by Crippen LogP contribution is -2.01. The first-order valence-electron chi connectivity index (χ1n) is 5.24. The van der Waals surface area contributed by atoms with Crippen LogP contribution >= 0.6 is 11.6 Å². The highest BCUT2D eigenvalue weighted by atomic mass is 35.5. The molecular weight excluding hydrogens is 275 g/mol. The van der Waals surface area contributed by atoms with E-state index in [2.05, 4.69) is 4.98 Å². The van der Waals surface area contributed by atoms with E-state index in [4.69, 9.17) is 16.3 Å². The third-order valence-electron chi connectivity index (χ3n) is 2.27. The first-order valence-corrected chi connectivity index (χ1v) is 5.62. The summed E-state index contributed by atoms with van der Waals surface area (Å²) < 4.78 is 18.3. The van der Waals surface area contributed by atoms with E-state index in [0.717, 1.165) is 18.2 Å². The molecule has 5 nitrogen and oxygen atoms in total. The van der Waals surface area contributed by atoms with Gasteiger partial charge in [0.2, 0.25) is 0 Å². The van der Waals surface area contributed by atoms with E-state index in [1.165, 1.54) is 0 Å². The summed E-state index contributed by atoms with van der Waals surface area (Å²) in [5.74, 6) is -0.758. The van der Waals surface area contributed by atoms with Crippen LogP contribution in [0.2, 0.25) is 5.15 Å². The lowest BCUT2D eigenvalue weighted by molar-refractivity contribution is -0.386. The maximum Gasteiger partial charge on any atom is 0.311 e. The maximum absolute atomic E-state index is 13.1. The summed E-state index contributed by atoms with van der Waals surface area (Å²) in [4.78, 5) is 14.1. The molecule has 0 aliphatic carbocycles. The molecule has 0 saturated carbocycles. The van der Waals surface area contributed by atoms with Crippen molar-refractivity contribution in [1.29, 1.82) is 0 Å². The Bertz CT molecular complexity index is 622. The van der Waals surface area contributed by atoms with Gasteiger partial charge in [-0.1, -0.05) is 17.7 Å². The van der Waals surface area contributed by atoms with E-state index >= 15 is 0 Å². The molecule has 7 heteroatoms. The molecule has 2 aromatic rings. The zero-order valence-electron chi connectivity index (χ0n) is 9.55. The van der Waals surface area contributed by atoms with Crippen LogP contribution in [0, 0.1) is 15.9 Å². The molecule has 1 aromatic carbocycles. The molecule has 0 bridgehead atoms. The van der Waals surface area contributed by atoms with E-state index in [1.54, 1.807) is 18.2 Å². The Labute approximate surface area is 112 Å². The molecule has 98 valence electrons. The summed E-state index contributed by atoms with van der Waals surface area (Å²) in [6.07, 6.45) is 0. The van der Waals surface area contributed by atoms with Gasteiger partial charge in [-0.3, -0.25) is 10.1 Å². The molecule has 0 spiro atoms. The van der Waals surface area contributed by atoms with Crippen molar-refractivity contribution in [3.63, 3.8) is 0 Å². The number of hydrogen-bond acceptors (Lipinski definition) is 4. The van der Waals surface area contributed by atoms with Gasteiger partial charge in [-0.15, -0.1) is 0 Å². The van der Waals surface area contributed by atoms with Crippen LogP contribution in [-0.4, -0.2) is 9.91 Å². The van der Waals surface area contributed by atoms with Crippen molar-refractivity contribution in [3.05, 3.63) is 63.2 Å². The summed E-state index contributed by atoms with van der Waals surface area (Å²) in [7, 11) is 0. The predicted molar refractivity (Wildman–Crippen MR) is 66.6 cm³/mol. The van der Waals surface area contributed by atoms with Gasteiger partial charge in [0.25, 0.3) is 0 Å². The second-order valence-electron chi connectivity index (χ2n) is 3.61. The van der Waals surface area contributed by atoms with E-state index in [9.17, 15) is 14.5 Å². The summed E-state index contributed by atoms with van der Waals surface area (Å²) in [6, 6.07) is 7.93. The molecule has 0 N–H and O–H groups in total. The summed E-state index contributed by atoms with van der Waals surface area (Å²) in [6.45, 7) is -0.0369. The molecular formula is C12H8ClFN2O3. The largest absolute Gasteiger partial charge is 0.480 e. The predicted octanol–water partition coefficient (Wildman–Crippen LogP) is 3.36. The second-order valence-corrected chi connectivity index (χ2v) is 4.00. The van der Waals surface area contributed by atoms with Crippen LogP contribution in [0.15, 0.2) is 36.4 Å². The van der Waals surface area contributed by atoms with Crippen LogP contribution in [-0.2, 0) is 6.61 Å². The van der Waals surface area contributed by atoms with Crippen molar-refractivity contribution in [1.82, 2.24) is 4.98 Å². The van der Waals surface area contributed by atoms with Crippen LogP contribution in [0.1, 0.15) is 5.69 Å². The topological polar surface area (TPSA) is 65.3 Å². The number of halogens is 2. The normalized spacial score (nSPS) is 10.2. The zero-order chi connectivity index (χ0) is 13.8. The van der Waals surface area contributed by atoms with Gasteiger partial charge in [-0.25, -0.2) is 9.37 Å². The summed E-state index contributed by atoms with van der Waals surface area (Å²) >= 11 is 5.70. The monoisotopic (exact) mass is 282 g/mol. The number of pyridine rings is 1. The minimum absolute atomic E-state index is 0.0369. The Morgan fingerprint density at radius 1 is 1.37 bits per heavy atom. The fourth-order valence-electron chi connectivity index (χ4n) is 1.44. The smallest absolute Gasteiger partial charge is 0.311 e. The van der Waals surface area contributed by atoms with Gasteiger partial charge in [-0.05, 0) is 18.2 Å². The number of benzene rings is 1. The zero-order valence-corrected chi connectivity index (χ0v) is 10.3. The van der Waals surface area contributed by atoms with Gasteiger partial charge in [0, 0.05) is 12.1 Å². The van der Waals surface area contributed by atoms with E-state index in [1.807, 2.05) is 0 Å². The number of nitro benzene ring substituents is 1. The number of nitrogens with zero attached hydrogens (tertiary/aromatic N) is 2. The fraction of sp³-hybridized carbons (Fsp3) is 0.0833. The quantitative estimate of drug-likeness (QED) is 0.490. The molecule has 2 rings (SSSR count). The first-order chi connectivity index (χ1) is 9.06. The average molecular weight is 283 g/mol. The number of aromatic nitrogens is 1. The third kappa shape index (κ3) is 3.38. The van der Waals surface area contributed by atoms with Crippen LogP contribution in [0.4, 0.5) is 10.1 Å². The molecule has 0 atom stereocenters. The fourth-order valence-corrected chi connectivity index (χ4v) is 1.62. The molecule has 0 amide bonds. The number of rotatable bonds is 4. The van der Waals surface area contributed by atoms with Gasteiger partial charge in [0.1, 0.15) is 17.6 Å². The molecule has 1 heterocycles. The van der Waals surface area contributed by atoms with Crippen molar-refractivity contribution >= 4 is 17.3 Å². The molecule has 0 saturated heterocycles. The molecule has 0 aliphatic rings. The number of ether oxygens (including phenoxy) is 1. The SMILES string of the molecule is O=[N+]([O-])c1ccc(F)cc1OCc1cccc(Cl)n1. The lowest BCUT2D eigenvalue weighted by atomic mass is 10.3. The van der Waals surface area contributed by atoms with Crippen molar-refractivity contribution < 1.29 is 14.1 Å². The van der Waals surface area contributed by atoms with Gasteiger partial charge >= 0.3 is 5.69 Å². The third-order valence-corrected chi connectivity index (χ3v) is 2.48. The highest BCUT2D eigenvalue weighted by Gasteiger charge is 2.16. The van der Waals surface area contributed by atoms with Crippen LogP contribution in [0.25, 0.3) is 0 Å². The van der Waals surface area contributed by atoms with Gasteiger partial charge < -0.3 is 4.74 Å². The minimum Gasteiger partial charge on any atom is -0.480 e. The Kier molecular flexibility index (Phi) is 3.91. The molecule has 0 aliphatic heterocycles. The van der Waals surface area contributed by atoms with Crippen molar-refractivity contribution in [2.75, 3.05) is 0 Å². The van der Waals surface area contributed by atoms with E-state index < -0.39 is 10.7 Å². The Balaban J connectivity index is 2.19. The Hall–Kier alpha value is -2.21. The Morgan fingerprint density at radius 3 is 2.84 bits per heavy atom. The van der Waals surface area contributed by atoms with Crippen molar-refractivity contribution in [3.8, 4) is 5.75 Å². The van der Waals surface area contributed by atoms with Crippen molar-refractivity contribution in [2.45, 2.75) is 6.61 Å². The standard InChI is InChI=1S/C12H8ClFN2O3/c13-12-3-1-2-9(15-12)7-19-11-6-8(14)4-5-10(11)16(17)18/h1-6H,7H2. The minimum atomic E-state index is -0.639. The van der Waals surface area contributed by atoms with E-state index in [-0.39, 0.29) is 23.2 Å². The molecule has 0 fully saturated rings. The van der Waals surface area contributed by atoms with Crippen LogP contribution < -0.4 is 4.74 Å². The highest BCUT2D eigenvalue weighted by molar-refractivity contribution is 6.29. The number of nitro groups is 1. The molecule has 0 radical (unpaired) electrons. The van der Waals surface area contributed by atoms with Gasteiger partial charge in [0.05, 0.1) is 10.6 Å². The van der Waals surface area contributed by atoms with Crippen molar-refractivity contribution in [2.24, 2.45) is 0 Å². The molecule has 0 unspecified atom stereocenters. The van der Waals surface area contributed by atoms with Gasteiger partial charge in [-0.2, -0.15) is 0 Å². The highest BCUT2D eigenvalue weighted by Crippen LogP contribution is 2.28. The van der Waals surface area contributed by atoms with E-state index in [0.29, 0.717) is 5.69 Å². The lowest BCUT2D eigenvalue weighted by Gasteiger charge is -2.06.